The van der Waals surface area contributed by atoms with Crippen LogP contribution < -0.4 is 0 Å². The van der Waals surface area contributed by atoms with Crippen LogP contribution in [0.2, 0.25) is 0 Å². The summed E-state index contributed by atoms with van der Waals surface area (Å²) in [5.41, 5.74) is 1.32. The zero-order valence-electron chi connectivity index (χ0n) is 9.45. The molecule has 2 saturated carbocycles. The Morgan fingerprint density at radius 3 is 2.50 bits per heavy atom. The fourth-order valence-electron chi connectivity index (χ4n) is 2.57. The van der Waals surface area contributed by atoms with Crippen molar-refractivity contribution >= 4 is 17.1 Å². The van der Waals surface area contributed by atoms with E-state index < -0.39 is 0 Å². The van der Waals surface area contributed by atoms with Gasteiger partial charge in [-0.1, -0.05) is 6.42 Å². The molecule has 0 bridgehead atoms. The fraction of sp³-hybridized carbons (Fsp3) is 0.692. The van der Waals surface area contributed by atoms with Crippen LogP contribution in [-0.2, 0) is 4.79 Å². The third kappa shape index (κ3) is 1.93. The maximum atomic E-state index is 11.2. The molecular weight excluding hydrogens is 218 g/mol. The lowest BCUT2D eigenvalue weighted by atomic mass is 9.83. The normalized spacial score (nSPS) is 23.4. The molecule has 0 aliphatic heterocycles. The van der Waals surface area contributed by atoms with Gasteiger partial charge in [-0.05, 0) is 25.7 Å². The molecule has 3 rings (SSSR count). The number of nitrogens with zero attached hydrogens (tertiary/aromatic N) is 1. The molecule has 0 spiro atoms. The highest BCUT2D eigenvalue weighted by molar-refractivity contribution is 7.09. The average Bonchev–Trinajstić information content (AvgIpc) is 2.65. The molecule has 2 fully saturated rings. The first kappa shape index (κ1) is 10.5. The van der Waals surface area contributed by atoms with Crippen molar-refractivity contribution < 1.29 is 4.79 Å². The van der Waals surface area contributed by atoms with E-state index in [0.717, 1.165) is 31.6 Å². The first-order valence-corrected chi connectivity index (χ1v) is 7.18. The number of rotatable bonds is 2. The van der Waals surface area contributed by atoms with Crippen molar-refractivity contribution in [3.05, 3.63) is 16.1 Å². The first-order valence-electron chi connectivity index (χ1n) is 6.30. The Morgan fingerprint density at radius 1 is 1.12 bits per heavy atom. The van der Waals surface area contributed by atoms with Crippen molar-refractivity contribution in [1.82, 2.24) is 4.98 Å². The summed E-state index contributed by atoms with van der Waals surface area (Å²) in [4.78, 5) is 16.0. The van der Waals surface area contributed by atoms with Crippen molar-refractivity contribution in [2.75, 3.05) is 0 Å². The minimum Gasteiger partial charge on any atom is -0.300 e. The summed E-state index contributed by atoms with van der Waals surface area (Å²) in [7, 11) is 0. The fourth-order valence-corrected chi connectivity index (χ4v) is 3.64. The number of carbonyl (C=O) groups is 1. The first-order chi connectivity index (χ1) is 7.83. The number of aromatic nitrogens is 1. The van der Waals surface area contributed by atoms with Crippen molar-refractivity contribution in [2.45, 2.75) is 56.8 Å². The molecule has 2 aliphatic rings. The Balaban J connectivity index is 1.69. The lowest BCUT2D eigenvalue weighted by Gasteiger charge is -2.23. The summed E-state index contributed by atoms with van der Waals surface area (Å²) in [6.07, 6.45) is 7.60. The molecule has 1 heterocycles. The van der Waals surface area contributed by atoms with E-state index in [0.29, 0.717) is 11.7 Å². The van der Waals surface area contributed by atoms with Crippen LogP contribution in [0.3, 0.4) is 0 Å². The SMILES string of the molecule is O=C1CCC(c2nc(C3CCC3)cs2)CC1. The highest BCUT2D eigenvalue weighted by Crippen LogP contribution is 2.39. The van der Waals surface area contributed by atoms with Gasteiger partial charge in [0.1, 0.15) is 5.78 Å². The van der Waals surface area contributed by atoms with Crippen LogP contribution in [0.15, 0.2) is 5.38 Å². The van der Waals surface area contributed by atoms with Crippen LogP contribution >= 0.6 is 11.3 Å². The second kappa shape index (κ2) is 4.28. The monoisotopic (exact) mass is 235 g/mol. The molecule has 0 aromatic carbocycles. The minimum absolute atomic E-state index is 0.437. The third-order valence-corrected chi connectivity index (χ3v) is 4.98. The van der Waals surface area contributed by atoms with Gasteiger partial charge in [0.05, 0.1) is 10.7 Å². The number of hydrogen-bond acceptors (Lipinski definition) is 3. The number of carbonyl (C=O) groups excluding carboxylic acids is 1. The van der Waals surface area contributed by atoms with E-state index in [2.05, 4.69) is 5.38 Å². The molecule has 86 valence electrons. The third-order valence-electron chi connectivity index (χ3n) is 3.96. The van der Waals surface area contributed by atoms with Crippen molar-refractivity contribution in [3.63, 3.8) is 0 Å². The van der Waals surface area contributed by atoms with Crippen LogP contribution in [0.5, 0.6) is 0 Å². The number of Topliss-reactive ketones (excluding diaryl/α,β-unsaturated/α-hetero) is 1. The molecule has 0 saturated heterocycles. The van der Waals surface area contributed by atoms with Gasteiger partial charge in [0.2, 0.25) is 0 Å². The molecule has 1 aromatic heterocycles. The molecule has 0 unspecified atom stereocenters. The average molecular weight is 235 g/mol. The van der Waals surface area contributed by atoms with Crippen molar-refractivity contribution in [2.24, 2.45) is 0 Å². The maximum Gasteiger partial charge on any atom is 0.132 e. The quantitative estimate of drug-likeness (QED) is 0.783. The van der Waals surface area contributed by atoms with Crippen molar-refractivity contribution in [3.8, 4) is 0 Å². The van der Waals surface area contributed by atoms with Gasteiger partial charge in [0.15, 0.2) is 0 Å². The molecule has 2 nitrogen and oxygen atoms in total. The van der Waals surface area contributed by atoms with Crippen LogP contribution in [0, 0.1) is 0 Å². The Bertz CT molecular complexity index is 384. The lowest BCUT2D eigenvalue weighted by Crippen LogP contribution is -2.13. The minimum atomic E-state index is 0.437. The predicted octanol–water partition coefficient (Wildman–Crippen LogP) is 3.64. The van der Waals surface area contributed by atoms with Crippen LogP contribution in [-0.4, -0.2) is 10.8 Å². The molecule has 2 aliphatic carbocycles. The van der Waals surface area contributed by atoms with E-state index in [9.17, 15) is 4.79 Å². The van der Waals surface area contributed by atoms with E-state index in [4.69, 9.17) is 4.98 Å². The molecule has 0 radical (unpaired) electrons. The molecule has 0 N–H and O–H groups in total. The summed E-state index contributed by atoms with van der Waals surface area (Å²) in [5, 5.41) is 3.53. The topological polar surface area (TPSA) is 30.0 Å². The molecule has 0 atom stereocenters. The highest BCUT2D eigenvalue weighted by Gasteiger charge is 2.26. The summed E-state index contributed by atoms with van der Waals surface area (Å²) in [5.74, 6) is 1.75. The van der Waals surface area contributed by atoms with Gasteiger partial charge in [-0.2, -0.15) is 0 Å². The summed E-state index contributed by atoms with van der Waals surface area (Å²) in [6, 6.07) is 0. The lowest BCUT2D eigenvalue weighted by molar-refractivity contribution is -0.120. The molecule has 16 heavy (non-hydrogen) atoms. The van der Waals surface area contributed by atoms with Gasteiger partial charge < -0.3 is 0 Å². The number of ketones is 1. The van der Waals surface area contributed by atoms with Crippen LogP contribution in [0.1, 0.15) is 67.5 Å². The number of hydrogen-bond donors (Lipinski definition) is 0. The van der Waals surface area contributed by atoms with E-state index in [-0.39, 0.29) is 0 Å². The van der Waals surface area contributed by atoms with Gasteiger partial charge in [-0.15, -0.1) is 11.3 Å². The maximum absolute atomic E-state index is 11.2. The summed E-state index contributed by atoms with van der Waals surface area (Å²) in [6.45, 7) is 0. The van der Waals surface area contributed by atoms with Crippen molar-refractivity contribution in [1.29, 1.82) is 0 Å². The second-order valence-electron chi connectivity index (χ2n) is 5.05. The molecular formula is C13H17NOS. The zero-order valence-corrected chi connectivity index (χ0v) is 10.3. The van der Waals surface area contributed by atoms with Crippen LogP contribution in [0.4, 0.5) is 0 Å². The summed E-state index contributed by atoms with van der Waals surface area (Å²) < 4.78 is 0. The van der Waals surface area contributed by atoms with Gasteiger partial charge in [0, 0.05) is 30.1 Å². The molecule has 3 heteroatoms. The van der Waals surface area contributed by atoms with Gasteiger partial charge in [-0.25, -0.2) is 4.98 Å². The number of thiazole rings is 1. The van der Waals surface area contributed by atoms with E-state index in [1.807, 2.05) is 11.3 Å². The largest absolute Gasteiger partial charge is 0.300 e. The Kier molecular flexibility index (Phi) is 2.80. The van der Waals surface area contributed by atoms with Gasteiger partial charge in [0.25, 0.3) is 0 Å². The Morgan fingerprint density at radius 2 is 1.88 bits per heavy atom. The molecule has 1 aromatic rings. The Labute approximate surface area is 100 Å². The van der Waals surface area contributed by atoms with E-state index in [1.54, 1.807) is 0 Å². The predicted molar refractivity (Wildman–Crippen MR) is 64.9 cm³/mol. The standard InChI is InChI=1S/C13H17NOS/c15-11-6-4-10(5-7-11)13-14-12(8-16-13)9-2-1-3-9/h8-10H,1-7H2. The zero-order chi connectivity index (χ0) is 11.0. The summed E-state index contributed by atoms with van der Waals surface area (Å²) >= 11 is 1.81. The van der Waals surface area contributed by atoms with Gasteiger partial charge >= 0.3 is 0 Å². The van der Waals surface area contributed by atoms with Gasteiger partial charge in [-0.3, -0.25) is 4.79 Å². The van der Waals surface area contributed by atoms with E-state index >= 15 is 0 Å². The smallest absolute Gasteiger partial charge is 0.132 e. The van der Waals surface area contributed by atoms with E-state index in [1.165, 1.54) is 30.0 Å². The Hall–Kier alpha value is -0.700. The molecule has 0 amide bonds. The highest BCUT2D eigenvalue weighted by atomic mass is 32.1. The van der Waals surface area contributed by atoms with Crippen LogP contribution in [0.25, 0.3) is 0 Å². The second-order valence-corrected chi connectivity index (χ2v) is 5.94.